The Kier molecular flexibility index (Phi) is 2.36. The Morgan fingerprint density at radius 1 is 1.12 bits per heavy atom. The van der Waals surface area contributed by atoms with Gasteiger partial charge in [-0.15, -0.1) is 0 Å². The van der Waals surface area contributed by atoms with Gasteiger partial charge in [0, 0.05) is 12.2 Å². The zero-order valence-electron chi connectivity index (χ0n) is 10.5. The second-order valence-electron chi connectivity index (χ2n) is 5.83. The van der Waals surface area contributed by atoms with Crippen LogP contribution in [-0.4, -0.2) is 6.54 Å². The van der Waals surface area contributed by atoms with Crippen molar-refractivity contribution < 1.29 is 0 Å². The van der Waals surface area contributed by atoms with Crippen LogP contribution >= 0.6 is 0 Å². The summed E-state index contributed by atoms with van der Waals surface area (Å²) in [5.41, 5.74) is 1.80. The Bertz CT molecular complexity index is 542. The van der Waals surface area contributed by atoms with Crippen LogP contribution in [0.1, 0.15) is 20.3 Å². The van der Waals surface area contributed by atoms with E-state index < -0.39 is 0 Å². The maximum atomic E-state index is 3.55. The lowest BCUT2D eigenvalue weighted by Gasteiger charge is -2.08. The predicted octanol–water partition coefficient (Wildman–Crippen LogP) is 4.30. The second kappa shape index (κ2) is 3.76. The average Bonchev–Trinajstić information content (AvgIpc) is 2.94. The normalized spacial score (nSPS) is 21.4. The third kappa shape index (κ3) is 2.14. The van der Waals surface area contributed by atoms with E-state index in [1.807, 2.05) is 0 Å². The van der Waals surface area contributed by atoms with Crippen molar-refractivity contribution in [1.82, 2.24) is 0 Å². The van der Waals surface area contributed by atoms with E-state index in [0.717, 1.165) is 12.5 Å². The standard InChI is InChI=1S/C16H19N/c1-16(2)10-14(16)11-17-15-8-7-12-5-3-4-6-13(12)9-15/h3-9,14,17H,10-11H2,1-2H3. The van der Waals surface area contributed by atoms with Gasteiger partial charge in [0.2, 0.25) is 0 Å². The van der Waals surface area contributed by atoms with Crippen LogP contribution in [0, 0.1) is 11.3 Å². The Labute approximate surface area is 103 Å². The summed E-state index contributed by atoms with van der Waals surface area (Å²) in [4.78, 5) is 0. The molecule has 1 heteroatoms. The van der Waals surface area contributed by atoms with Crippen molar-refractivity contribution in [2.24, 2.45) is 11.3 Å². The Balaban J connectivity index is 1.73. The Hall–Kier alpha value is -1.50. The smallest absolute Gasteiger partial charge is 0.0346 e. The molecule has 1 N–H and O–H groups in total. The van der Waals surface area contributed by atoms with E-state index in [9.17, 15) is 0 Å². The molecule has 1 aliphatic rings. The topological polar surface area (TPSA) is 12.0 Å². The number of fused-ring (bicyclic) bond motifs is 1. The molecule has 0 aromatic heterocycles. The molecule has 0 heterocycles. The Morgan fingerprint density at radius 2 is 1.82 bits per heavy atom. The quantitative estimate of drug-likeness (QED) is 0.821. The molecule has 17 heavy (non-hydrogen) atoms. The molecular weight excluding hydrogens is 206 g/mol. The summed E-state index contributed by atoms with van der Waals surface area (Å²) in [6, 6.07) is 15.1. The lowest BCUT2D eigenvalue weighted by Crippen LogP contribution is -2.06. The van der Waals surface area contributed by atoms with Gasteiger partial charge >= 0.3 is 0 Å². The largest absolute Gasteiger partial charge is 0.385 e. The van der Waals surface area contributed by atoms with Crippen molar-refractivity contribution in [1.29, 1.82) is 0 Å². The summed E-state index contributed by atoms with van der Waals surface area (Å²) in [6.07, 6.45) is 1.35. The van der Waals surface area contributed by atoms with Crippen LogP contribution in [0.2, 0.25) is 0 Å². The van der Waals surface area contributed by atoms with Gasteiger partial charge in [-0.3, -0.25) is 0 Å². The number of hydrogen-bond acceptors (Lipinski definition) is 1. The summed E-state index contributed by atoms with van der Waals surface area (Å²) in [5.74, 6) is 0.842. The van der Waals surface area contributed by atoms with Crippen LogP contribution in [0.15, 0.2) is 42.5 Å². The van der Waals surface area contributed by atoms with Crippen molar-refractivity contribution >= 4 is 16.5 Å². The molecule has 1 saturated carbocycles. The highest BCUT2D eigenvalue weighted by Gasteiger charge is 2.44. The van der Waals surface area contributed by atoms with Crippen molar-refractivity contribution in [3.8, 4) is 0 Å². The van der Waals surface area contributed by atoms with E-state index in [1.165, 1.54) is 22.9 Å². The van der Waals surface area contributed by atoms with Gasteiger partial charge in [-0.05, 0) is 40.7 Å². The monoisotopic (exact) mass is 225 g/mol. The summed E-state index contributed by atoms with van der Waals surface area (Å²) in [6.45, 7) is 5.80. The zero-order valence-corrected chi connectivity index (χ0v) is 10.5. The first-order valence-electron chi connectivity index (χ1n) is 6.38. The van der Waals surface area contributed by atoms with Crippen LogP contribution in [0.3, 0.4) is 0 Å². The number of hydrogen-bond donors (Lipinski definition) is 1. The fraction of sp³-hybridized carbons (Fsp3) is 0.375. The van der Waals surface area contributed by atoms with E-state index in [1.54, 1.807) is 0 Å². The molecule has 2 aromatic carbocycles. The molecule has 2 aromatic rings. The Morgan fingerprint density at radius 3 is 2.53 bits per heavy atom. The van der Waals surface area contributed by atoms with Gasteiger partial charge in [-0.25, -0.2) is 0 Å². The van der Waals surface area contributed by atoms with E-state index >= 15 is 0 Å². The first-order chi connectivity index (χ1) is 8.15. The van der Waals surface area contributed by atoms with Gasteiger partial charge in [-0.2, -0.15) is 0 Å². The first kappa shape index (κ1) is 10.6. The molecule has 3 rings (SSSR count). The predicted molar refractivity (Wildman–Crippen MR) is 74.3 cm³/mol. The average molecular weight is 225 g/mol. The van der Waals surface area contributed by atoms with Crippen LogP contribution in [0.5, 0.6) is 0 Å². The lowest BCUT2D eigenvalue weighted by molar-refractivity contribution is 0.573. The van der Waals surface area contributed by atoms with Crippen LogP contribution in [-0.2, 0) is 0 Å². The lowest BCUT2D eigenvalue weighted by atomic mass is 10.1. The fourth-order valence-electron chi connectivity index (χ4n) is 2.46. The highest BCUT2D eigenvalue weighted by Crippen LogP contribution is 2.51. The van der Waals surface area contributed by atoms with Crippen molar-refractivity contribution in [2.75, 3.05) is 11.9 Å². The second-order valence-corrected chi connectivity index (χ2v) is 5.83. The highest BCUT2D eigenvalue weighted by molar-refractivity contribution is 5.85. The third-order valence-electron chi connectivity index (χ3n) is 4.02. The molecule has 1 fully saturated rings. The van der Waals surface area contributed by atoms with Gasteiger partial charge in [0.25, 0.3) is 0 Å². The molecule has 1 aliphatic carbocycles. The number of rotatable bonds is 3. The molecular formula is C16H19N. The van der Waals surface area contributed by atoms with Crippen LogP contribution in [0.25, 0.3) is 10.8 Å². The fourth-order valence-corrected chi connectivity index (χ4v) is 2.46. The minimum atomic E-state index is 0.559. The van der Waals surface area contributed by atoms with Gasteiger partial charge in [0.15, 0.2) is 0 Å². The number of nitrogens with one attached hydrogen (secondary N) is 1. The van der Waals surface area contributed by atoms with Gasteiger partial charge in [0.1, 0.15) is 0 Å². The molecule has 0 radical (unpaired) electrons. The molecule has 0 spiro atoms. The van der Waals surface area contributed by atoms with Gasteiger partial charge in [-0.1, -0.05) is 44.2 Å². The molecule has 0 bridgehead atoms. The summed E-state index contributed by atoms with van der Waals surface area (Å²) in [5, 5.41) is 6.18. The van der Waals surface area contributed by atoms with Crippen molar-refractivity contribution in [2.45, 2.75) is 20.3 Å². The van der Waals surface area contributed by atoms with Crippen LogP contribution < -0.4 is 5.32 Å². The van der Waals surface area contributed by atoms with Gasteiger partial charge in [0.05, 0.1) is 0 Å². The molecule has 1 nitrogen and oxygen atoms in total. The molecule has 1 unspecified atom stereocenters. The molecule has 1 atom stereocenters. The summed E-state index contributed by atoms with van der Waals surface area (Å²) >= 11 is 0. The number of benzene rings is 2. The van der Waals surface area contributed by atoms with E-state index in [4.69, 9.17) is 0 Å². The van der Waals surface area contributed by atoms with E-state index in [0.29, 0.717) is 5.41 Å². The van der Waals surface area contributed by atoms with E-state index in [-0.39, 0.29) is 0 Å². The first-order valence-corrected chi connectivity index (χ1v) is 6.38. The minimum Gasteiger partial charge on any atom is -0.385 e. The molecule has 0 amide bonds. The summed E-state index contributed by atoms with van der Waals surface area (Å²) < 4.78 is 0. The number of anilines is 1. The molecule has 88 valence electrons. The zero-order chi connectivity index (χ0) is 11.9. The van der Waals surface area contributed by atoms with Crippen LogP contribution in [0.4, 0.5) is 5.69 Å². The molecule has 0 aliphatic heterocycles. The highest BCUT2D eigenvalue weighted by atomic mass is 14.9. The molecule has 0 saturated heterocycles. The van der Waals surface area contributed by atoms with Crippen molar-refractivity contribution in [3.63, 3.8) is 0 Å². The maximum Gasteiger partial charge on any atom is 0.0346 e. The summed E-state index contributed by atoms with van der Waals surface area (Å²) in [7, 11) is 0. The third-order valence-corrected chi connectivity index (χ3v) is 4.02. The van der Waals surface area contributed by atoms with E-state index in [2.05, 4.69) is 61.6 Å². The van der Waals surface area contributed by atoms with Crippen molar-refractivity contribution in [3.05, 3.63) is 42.5 Å². The minimum absolute atomic E-state index is 0.559. The van der Waals surface area contributed by atoms with Gasteiger partial charge < -0.3 is 5.32 Å². The SMILES string of the molecule is CC1(C)CC1CNc1ccc2ccccc2c1. The maximum absolute atomic E-state index is 3.55.